The van der Waals surface area contributed by atoms with E-state index in [1.165, 1.54) is 23.5 Å². The summed E-state index contributed by atoms with van der Waals surface area (Å²) < 4.78 is 10.1. The summed E-state index contributed by atoms with van der Waals surface area (Å²) in [5.41, 5.74) is 1.62. The topological polar surface area (TPSA) is 72.0 Å². The van der Waals surface area contributed by atoms with Gasteiger partial charge in [0.15, 0.2) is 0 Å². The van der Waals surface area contributed by atoms with Crippen LogP contribution in [0.3, 0.4) is 0 Å². The Bertz CT molecular complexity index is 810. The van der Waals surface area contributed by atoms with E-state index in [-0.39, 0.29) is 25.7 Å². The number of methoxy groups -OCH3 is 1. The van der Waals surface area contributed by atoms with Gasteiger partial charge >= 0.3 is 6.09 Å². The van der Waals surface area contributed by atoms with Crippen molar-refractivity contribution in [2.75, 3.05) is 27.0 Å². The van der Waals surface area contributed by atoms with Gasteiger partial charge in [0.25, 0.3) is 0 Å². The van der Waals surface area contributed by atoms with Crippen LogP contribution in [0, 0.1) is 6.92 Å². The van der Waals surface area contributed by atoms with Crippen molar-refractivity contribution in [3.63, 3.8) is 0 Å². The molecule has 0 unspecified atom stereocenters. The zero-order chi connectivity index (χ0) is 20.7. The molecule has 0 spiro atoms. The minimum atomic E-state index is -0.628. The highest BCUT2D eigenvalue weighted by Crippen LogP contribution is 2.29. The zero-order valence-corrected chi connectivity index (χ0v) is 18.0. The Morgan fingerprint density at radius 3 is 2.43 bits per heavy atom. The molecule has 0 aliphatic carbocycles. The van der Waals surface area contributed by atoms with E-state index in [1.807, 2.05) is 19.1 Å². The fraction of sp³-hybridized carbons (Fsp3) is 0.421. The second-order valence-electron chi connectivity index (χ2n) is 5.83. The number of hydrogen-bond donors (Lipinski definition) is 0. The normalized spacial score (nSPS) is 10.6. The van der Waals surface area contributed by atoms with Crippen LogP contribution in [-0.2, 0) is 20.7 Å². The number of hydrazine groups is 1. The van der Waals surface area contributed by atoms with Gasteiger partial charge in [0.05, 0.1) is 18.7 Å². The van der Waals surface area contributed by atoms with E-state index in [1.54, 1.807) is 26.0 Å². The molecule has 0 atom stereocenters. The van der Waals surface area contributed by atoms with Crippen molar-refractivity contribution in [2.24, 2.45) is 0 Å². The third-order valence-electron chi connectivity index (χ3n) is 3.91. The van der Waals surface area contributed by atoms with Gasteiger partial charge in [-0.2, -0.15) is 5.01 Å². The first-order valence-corrected chi connectivity index (χ1v) is 10.1. The molecule has 2 aromatic rings. The van der Waals surface area contributed by atoms with Gasteiger partial charge in [-0.05, 0) is 32.9 Å². The van der Waals surface area contributed by atoms with Gasteiger partial charge in [-0.1, -0.05) is 23.7 Å². The first-order valence-electron chi connectivity index (χ1n) is 8.86. The second-order valence-corrected chi connectivity index (χ2v) is 7.47. The maximum absolute atomic E-state index is 12.9. The Labute approximate surface area is 173 Å². The molecule has 0 N–H and O–H groups in total. The molecule has 0 radical (unpaired) electrons. The molecule has 0 aliphatic rings. The maximum atomic E-state index is 12.9. The SMILES string of the molecule is CCOC(=O)N(COC)N(CC)C(=O)Cc1nc(-c2ccc(Cl)cc2)sc1C. The van der Waals surface area contributed by atoms with Crippen LogP contribution >= 0.6 is 22.9 Å². The Balaban J connectivity index is 2.19. The van der Waals surface area contributed by atoms with E-state index in [9.17, 15) is 9.59 Å². The van der Waals surface area contributed by atoms with Crippen molar-refractivity contribution in [1.29, 1.82) is 0 Å². The molecule has 152 valence electrons. The van der Waals surface area contributed by atoms with Crippen LogP contribution in [-0.4, -0.2) is 54.0 Å². The van der Waals surface area contributed by atoms with Crippen LogP contribution in [0.15, 0.2) is 24.3 Å². The van der Waals surface area contributed by atoms with Crippen molar-refractivity contribution < 1.29 is 19.1 Å². The van der Waals surface area contributed by atoms with Crippen LogP contribution in [0.5, 0.6) is 0 Å². The van der Waals surface area contributed by atoms with E-state index < -0.39 is 6.09 Å². The Hall–Kier alpha value is -2.16. The van der Waals surface area contributed by atoms with Crippen LogP contribution in [0.25, 0.3) is 10.6 Å². The molecule has 1 heterocycles. The molecule has 9 heteroatoms. The summed E-state index contributed by atoms with van der Waals surface area (Å²) in [6, 6.07) is 7.40. The zero-order valence-electron chi connectivity index (χ0n) is 16.4. The molecule has 2 amide bonds. The lowest BCUT2D eigenvalue weighted by molar-refractivity contribution is -0.152. The number of carbonyl (C=O) groups is 2. The lowest BCUT2D eigenvalue weighted by atomic mass is 10.2. The van der Waals surface area contributed by atoms with E-state index in [0.29, 0.717) is 17.3 Å². The van der Waals surface area contributed by atoms with Gasteiger partial charge < -0.3 is 9.47 Å². The third kappa shape index (κ3) is 5.43. The molecule has 0 saturated heterocycles. The summed E-state index contributed by atoms with van der Waals surface area (Å²) in [6.07, 6.45) is -0.556. The summed E-state index contributed by atoms with van der Waals surface area (Å²) in [4.78, 5) is 30.6. The number of amides is 2. The van der Waals surface area contributed by atoms with Gasteiger partial charge in [0.2, 0.25) is 5.91 Å². The van der Waals surface area contributed by atoms with Crippen LogP contribution < -0.4 is 0 Å². The molecule has 1 aromatic heterocycles. The second kappa shape index (κ2) is 10.4. The summed E-state index contributed by atoms with van der Waals surface area (Å²) in [5, 5.41) is 3.96. The largest absolute Gasteiger partial charge is 0.448 e. The summed E-state index contributed by atoms with van der Waals surface area (Å²) in [7, 11) is 1.45. The lowest BCUT2D eigenvalue weighted by Gasteiger charge is -2.32. The number of likely N-dealkylation sites (N-methyl/N-ethyl adjacent to an activating group) is 1. The number of aromatic nitrogens is 1. The molecule has 1 aromatic carbocycles. The van der Waals surface area contributed by atoms with Crippen molar-refractivity contribution in [2.45, 2.75) is 27.2 Å². The standard InChI is InChI=1S/C19H24ClN3O4S/c1-5-22(23(12-26-4)19(25)27-6-2)17(24)11-16-13(3)28-18(21-16)14-7-9-15(20)10-8-14/h7-10H,5-6,11-12H2,1-4H3. The lowest BCUT2D eigenvalue weighted by Crippen LogP contribution is -2.51. The van der Waals surface area contributed by atoms with Crippen molar-refractivity contribution in [3.8, 4) is 10.6 Å². The third-order valence-corrected chi connectivity index (χ3v) is 5.23. The monoisotopic (exact) mass is 425 g/mol. The number of nitrogens with zero attached hydrogens (tertiary/aromatic N) is 3. The number of hydrogen-bond acceptors (Lipinski definition) is 6. The molecular weight excluding hydrogens is 402 g/mol. The van der Waals surface area contributed by atoms with Crippen LogP contribution in [0.2, 0.25) is 5.02 Å². The number of carbonyl (C=O) groups excluding carboxylic acids is 2. The fourth-order valence-electron chi connectivity index (χ4n) is 2.57. The van der Waals surface area contributed by atoms with Gasteiger partial charge in [-0.3, -0.25) is 4.79 Å². The van der Waals surface area contributed by atoms with E-state index >= 15 is 0 Å². The molecule has 0 saturated carbocycles. The van der Waals surface area contributed by atoms with Crippen molar-refractivity contribution in [1.82, 2.24) is 15.0 Å². The first-order chi connectivity index (χ1) is 13.4. The minimum absolute atomic E-state index is 0.0728. The quantitative estimate of drug-likeness (QED) is 0.492. The number of thiazole rings is 1. The number of rotatable bonds is 7. The number of benzene rings is 1. The molecule has 0 fully saturated rings. The van der Waals surface area contributed by atoms with Gasteiger partial charge in [0, 0.05) is 29.1 Å². The Kier molecular flexibility index (Phi) is 8.22. The molecule has 0 bridgehead atoms. The van der Waals surface area contributed by atoms with E-state index in [4.69, 9.17) is 21.1 Å². The van der Waals surface area contributed by atoms with Gasteiger partial charge in [-0.25, -0.2) is 14.8 Å². The van der Waals surface area contributed by atoms with Crippen molar-refractivity contribution >= 4 is 34.9 Å². The molecule has 28 heavy (non-hydrogen) atoms. The molecule has 2 rings (SSSR count). The predicted molar refractivity (Wildman–Crippen MR) is 109 cm³/mol. The smallest absolute Gasteiger partial charge is 0.431 e. The highest BCUT2D eigenvalue weighted by atomic mass is 35.5. The Morgan fingerprint density at radius 2 is 1.86 bits per heavy atom. The number of halogens is 1. The predicted octanol–water partition coefficient (Wildman–Crippen LogP) is 4.14. The van der Waals surface area contributed by atoms with Crippen LogP contribution in [0.1, 0.15) is 24.4 Å². The summed E-state index contributed by atoms with van der Waals surface area (Å²) in [6.45, 7) is 5.85. The van der Waals surface area contributed by atoms with E-state index in [2.05, 4.69) is 4.98 Å². The van der Waals surface area contributed by atoms with Crippen LogP contribution in [0.4, 0.5) is 4.79 Å². The number of aryl methyl sites for hydroxylation is 1. The fourth-order valence-corrected chi connectivity index (χ4v) is 3.63. The maximum Gasteiger partial charge on any atom is 0.431 e. The summed E-state index contributed by atoms with van der Waals surface area (Å²) in [5.74, 6) is -0.261. The average Bonchev–Trinajstić information content (AvgIpc) is 3.02. The first kappa shape index (κ1) is 22.1. The molecular formula is C19H24ClN3O4S. The molecule has 0 aliphatic heterocycles. The highest BCUT2D eigenvalue weighted by molar-refractivity contribution is 7.15. The average molecular weight is 426 g/mol. The van der Waals surface area contributed by atoms with E-state index in [0.717, 1.165) is 20.5 Å². The number of ether oxygens (including phenoxy) is 2. The minimum Gasteiger partial charge on any atom is -0.448 e. The van der Waals surface area contributed by atoms with Crippen molar-refractivity contribution in [3.05, 3.63) is 39.9 Å². The summed E-state index contributed by atoms with van der Waals surface area (Å²) >= 11 is 7.45. The Morgan fingerprint density at radius 1 is 1.18 bits per heavy atom. The molecule has 7 nitrogen and oxygen atoms in total. The van der Waals surface area contributed by atoms with Gasteiger partial charge in [0.1, 0.15) is 11.7 Å². The van der Waals surface area contributed by atoms with Gasteiger partial charge in [-0.15, -0.1) is 11.3 Å². The highest BCUT2D eigenvalue weighted by Gasteiger charge is 2.27.